The number of carbonyl (C=O) groups is 1. The maximum Gasteiger partial charge on any atom is 0.339 e. The predicted molar refractivity (Wildman–Crippen MR) is 110 cm³/mol. The van der Waals surface area contributed by atoms with Crippen LogP contribution >= 0.6 is 0 Å². The van der Waals surface area contributed by atoms with Gasteiger partial charge in [-0.1, -0.05) is 78.2 Å². The summed E-state index contributed by atoms with van der Waals surface area (Å²) in [6.07, 6.45) is 0.462. The Bertz CT molecular complexity index is 629. The summed E-state index contributed by atoms with van der Waals surface area (Å²) in [5.41, 5.74) is 2.03. The number of allylic oxidation sites excluding steroid dienone is 1. The van der Waals surface area contributed by atoms with Crippen molar-refractivity contribution in [2.75, 3.05) is 6.61 Å². The van der Waals surface area contributed by atoms with Crippen molar-refractivity contribution in [1.82, 2.24) is 0 Å². The van der Waals surface area contributed by atoms with Gasteiger partial charge in [0, 0.05) is 0 Å². The fraction of sp³-hybridized carbons (Fsp3) is 0.500. The van der Waals surface area contributed by atoms with Gasteiger partial charge in [0.15, 0.2) is 6.61 Å². The normalized spacial score (nSPS) is 11.3. The first kappa shape index (κ1) is 22.0. The van der Waals surface area contributed by atoms with Gasteiger partial charge >= 0.3 is 5.97 Å². The Hall–Kier alpha value is -1.99. The molecule has 26 heavy (non-hydrogen) atoms. The number of hydrogen-bond acceptors (Lipinski definition) is 3. The van der Waals surface area contributed by atoms with E-state index in [2.05, 4.69) is 60.0 Å². The van der Waals surface area contributed by atoms with Gasteiger partial charge in [0.2, 0.25) is 0 Å². The highest BCUT2D eigenvalue weighted by atomic mass is 28.4. The van der Waals surface area contributed by atoms with Crippen LogP contribution in [0.25, 0.3) is 0 Å². The van der Waals surface area contributed by atoms with Crippen LogP contribution in [-0.4, -0.2) is 20.9 Å². The molecule has 0 unspecified atom stereocenters. The number of benzene rings is 1. The molecule has 0 saturated carbocycles. The molecule has 0 radical (unpaired) electrons. The fourth-order valence-electron chi connectivity index (χ4n) is 3.61. The summed E-state index contributed by atoms with van der Waals surface area (Å²) in [6, 6.07) is 8.91. The maximum absolute atomic E-state index is 11.8. The predicted octanol–water partition coefficient (Wildman–Crippen LogP) is 5.94. The average Bonchev–Trinajstić information content (AvgIpc) is 2.59. The molecular weight excluding hydrogens is 340 g/mol. The van der Waals surface area contributed by atoms with Crippen molar-refractivity contribution in [3.8, 4) is 11.8 Å². The lowest BCUT2D eigenvalue weighted by atomic mass is 10.2. The molecular formula is C22H32O3Si. The van der Waals surface area contributed by atoms with Crippen LogP contribution in [0.2, 0.25) is 16.6 Å². The molecule has 0 fully saturated rings. The first-order chi connectivity index (χ1) is 12.2. The van der Waals surface area contributed by atoms with Gasteiger partial charge in [0.25, 0.3) is 8.32 Å². The highest BCUT2D eigenvalue weighted by Crippen LogP contribution is 2.43. The Kier molecular flexibility index (Phi) is 8.67. The van der Waals surface area contributed by atoms with Gasteiger partial charge in [0.1, 0.15) is 0 Å². The molecule has 0 spiro atoms. The van der Waals surface area contributed by atoms with E-state index in [1.54, 1.807) is 24.3 Å². The van der Waals surface area contributed by atoms with E-state index in [4.69, 9.17) is 9.16 Å². The van der Waals surface area contributed by atoms with Gasteiger partial charge in [-0.3, -0.25) is 0 Å². The van der Waals surface area contributed by atoms with Crippen molar-refractivity contribution in [2.45, 2.75) is 64.6 Å². The molecule has 0 aromatic heterocycles. The van der Waals surface area contributed by atoms with Crippen LogP contribution in [0.3, 0.4) is 0 Å². The van der Waals surface area contributed by atoms with Crippen LogP contribution < -0.4 is 0 Å². The summed E-state index contributed by atoms with van der Waals surface area (Å²) in [6.45, 7) is 17.6. The first-order valence-electron chi connectivity index (χ1n) is 9.26. The minimum Gasteiger partial charge on any atom is -0.545 e. The molecule has 0 saturated heterocycles. The number of hydrogen-bond donors (Lipinski definition) is 0. The Morgan fingerprint density at radius 3 is 2.04 bits per heavy atom. The van der Waals surface area contributed by atoms with Crippen molar-refractivity contribution in [3.05, 3.63) is 48.2 Å². The smallest absolute Gasteiger partial charge is 0.339 e. The molecule has 0 aliphatic heterocycles. The van der Waals surface area contributed by atoms with Crippen molar-refractivity contribution in [2.24, 2.45) is 0 Å². The molecule has 0 N–H and O–H groups in total. The SMILES string of the molecule is C=C(CC#CCOC(=O)c1ccccc1)O[Si](C(C)C)(C(C)C)C(C)C. The first-order valence-corrected chi connectivity index (χ1v) is 11.4. The fourth-order valence-corrected chi connectivity index (χ4v) is 8.89. The van der Waals surface area contributed by atoms with Crippen molar-refractivity contribution in [1.29, 1.82) is 0 Å². The Labute approximate surface area is 159 Å². The Balaban J connectivity index is 2.56. The summed E-state index contributed by atoms with van der Waals surface area (Å²) < 4.78 is 11.6. The number of rotatable bonds is 8. The van der Waals surface area contributed by atoms with Crippen molar-refractivity contribution < 1.29 is 14.0 Å². The maximum atomic E-state index is 11.8. The van der Waals surface area contributed by atoms with E-state index in [1.165, 1.54) is 0 Å². The summed E-state index contributed by atoms with van der Waals surface area (Å²) in [5.74, 6) is 6.23. The molecule has 0 aliphatic rings. The Morgan fingerprint density at radius 2 is 1.54 bits per heavy atom. The lowest BCUT2D eigenvalue weighted by molar-refractivity contribution is 0.0556. The topological polar surface area (TPSA) is 35.5 Å². The lowest BCUT2D eigenvalue weighted by Crippen LogP contribution is -2.47. The van der Waals surface area contributed by atoms with Crippen LogP contribution in [0.4, 0.5) is 0 Å². The zero-order valence-electron chi connectivity index (χ0n) is 17.0. The van der Waals surface area contributed by atoms with Gasteiger partial charge in [-0.25, -0.2) is 4.79 Å². The number of carbonyl (C=O) groups excluding carboxylic acids is 1. The zero-order chi connectivity index (χ0) is 19.7. The summed E-state index contributed by atoms with van der Waals surface area (Å²) >= 11 is 0. The van der Waals surface area contributed by atoms with Crippen LogP contribution in [0.5, 0.6) is 0 Å². The van der Waals surface area contributed by atoms with Crippen LogP contribution in [-0.2, 0) is 9.16 Å². The van der Waals surface area contributed by atoms with Crippen LogP contribution in [0.1, 0.15) is 58.3 Å². The molecule has 0 atom stereocenters. The number of esters is 1. The molecule has 142 valence electrons. The third-order valence-corrected chi connectivity index (χ3v) is 10.8. The van der Waals surface area contributed by atoms with Crippen LogP contribution in [0.15, 0.2) is 42.7 Å². The highest BCUT2D eigenvalue weighted by molar-refractivity contribution is 6.77. The second kappa shape index (κ2) is 10.2. The minimum atomic E-state index is -1.97. The minimum absolute atomic E-state index is 0.0715. The van der Waals surface area contributed by atoms with Gasteiger partial charge < -0.3 is 9.16 Å². The van der Waals surface area contributed by atoms with Crippen molar-refractivity contribution >= 4 is 14.3 Å². The second-order valence-corrected chi connectivity index (χ2v) is 12.8. The Morgan fingerprint density at radius 1 is 1.00 bits per heavy atom. The summed E-state index contributed by atoms with van der Waals surface area (Å²) in [5, 5.41) is 0. The molecule has 1 rings (SSSR count). The molecule has 0 amide bonds. The molecule has 0 bridgehead atoms. The van der Waals surface area contributed by atoms with E-state index < -0.39 is 8.32 Å². The molecule has 1 aromatic rings. The highest BCUT2D eigenvalue weighted by Gasteiger charge is 2.46. The summed E-state index contributed by atoms with van der Waals surface area (Å²) in [4.78, 5) is 11.8. The monoisotopic (exact) mass is 372 g/mol. The van der Waals surface area contributed by atoms with Crippen LogP contribution in [0, 0.1) is 11.8 Å². The van der Waals surface area contributed by atoms with Gasteiger partial charge in [-0.05, 0) is 28.8 Å². The quantitative estimate of drug-likeness (QED) is 0.245. The molecule has 3 nitrogen and oxygen atoms in total. The second-order valence-electron chi connectivity index (χ2n) is 7.43. The van der Waals surface area contributed by atoms with E-state index in [0.29, 0.717) is 28.6 Å². The molecule has 4 heteroatoms. The zero-order valence-corrected chi connectivity index (χ0v) is 18.0. The van der Waals surface area contributed by atoms with E-state index in [1.807, 2.05) is 6.07 Å². The molecule has 1 aromatic carbocycles. The molecule has 0 heterocycles. The third kappa shape index (κ3) is 5.78. The molecule has 0 aliphatic carbocycles. The van der Waals surface area contributed by atoms with E-state index in [9.17, 15) is 4.79 Å². The van der Waals surface area contributed by atoms with Gasteiger partial charge in [-0.2, -0.15) is 0 Å². The van der Waals surface area contributed by atoms with Gasteiger partial charge in [0.05, 0.1) is 17.7 Å². The van der Waals surface area contributed by atoms with Gasteiger partial charge in [-0.15, -0.1) is 0 Å². The average molecular weight is 373 g/mol. The summed E-state index contributed by atoms with van der Waals surface area (Å²) in [7, 11) is -1.97. The van der Waals surface area contributed by atoms with Crippen molar-refractivity contribution in [3.63, 3.8) is 0 Å². The lowest BCUT2D eigenvalue weighted by Gasteiger charge is -2.42. The van der Waals surface area contributed by atoms with E-state index in [0.717, 1.165) is 5.76 Å². The standard InChI is InChI=1S/C22H32O3Si/c1-17(2)26(18(3)4,19(5)6)25-20(7)13-11-12-16-24-22(23)21-14-9-8-10-15-21/h8-10,14-15,17-19H,7,13,16H2,1-6H3. The van der Waals surface area contributed by atoms with E-state index >= 15 is 0 Å². The third-order valence-electron chi connectivity index (χ3n) is 4.72. The van der Waals surface area contributed by atoms with E-state index in [-0.39, 0.29) is 12.6 Å². The number of ether oxygens (including phenoxy) is 1. The largest absolute Gasteiger partial charge is 0.545 e.